The number of aromatic nitrogens is 1. The number of nitrogens with one attached hydrogen (secondary N) is 1. The van der Waals surface area contributed by atoms with Crippen molar-refractivity contribution in [2.45, 2.75) is 0 Å². The van der Waals surface area contributed by atoms with E-state index in [0.717, 1.165) is 20.8 Å². The fourth-order valence-electron chi connectivity index (χ4n) is 2.00. The van der Waals surface area contributed by atoms with Gasteiger partial charge < -0.3 is 4.98 Å². The molecule has 1 N–H and O–H groups in total. The van der Waals surface area contributed by atoms with Crippen LogP contribution in [0.25, 0.3) is 21.7 Å². The molecule has 1 heterocycles. The highest BCUT2D eigenvalue weighted by Gasteiger charge is 2.08. The Morgan fingerprint density at radius 2 is 1.65 bits per heavy atom. The van der Waals surface area contributed by atoms with E-state index >= 15 is 0 Å². The predicted octanol–water partition coefficient (Wildman–Crippen LogP) is 4.21. The Morgan fingerprint density at radius 1 is 0.941 bits per heavy atom. The summed E-state index contributed by atoms with van der Waals surface area (Å²) >= 11 is 6.75. The van der Waals surface area contributed by atoms with Crippen molar-refractivity contribution in [3.05, 3.63) is 55.7 Å². The molecule has 1 aromatic heterocycles. The average molecular weight is 353 g/mol. The van der Waals surface area contributed by atoms with Crippen LogP contribution in [-0.4, -0.2) is 4.98 Å². The third-order valence-corrected chi connectivity index (χ3v) is 4.04. The van der Waals surface area contributed by atoms with Gasteiger partial charge in [0.15, 0.2) is 0 Å². The SMILES string of the molecule is O=c1c(Br)c[nH]c2c1cc(Br)c1ccccc12. The lowest BCUT2D eigenvalue weighted by atomic mass is 10.1. The van der Waals surface area contributed by atoms with E-state index in [0.29, 0.717) is 9.86 Å². The molecule has 0 saturated carbocycles. The Bertz CT molecular complexity index is 792. The van der Waals surface area contributed by atoms with Gasteiger partial charge in [-0.2, -0.15) is 0 Å². The number of fused-ring (bicyclic) bond motifs is 3. The highest BCUT2D eigenvalue weighted by atomic mass is 79.9. The zero-order valence-corrected chi connectivity index (χ0v) is 11.8. The molecule has 0 unspecified atom stereocenters. The van der Waals surface area contributed by atoms with Gasteiger partial charge in [-0.15, -0.1) is 0 Å². The maximum atomic E-state index is 12.0. The van der Waals surface area contributed by atoms with Crippen LogP contribution in [0.1, 0.15) is 0 Å². The summed E-state index contributed by atoms with van der Waals surface area (Å²) in [4.78, 5) is 15.2. The molecule has 0 radical (unpaired) electrons. The molecule has 17 heavy (non-hydrogen) atoms. The van der Waals surface area contributed by atoms with E-state index in [1.54, 1.807) is 6.20 Å². The quantitative estimate of drug-likeness (QED) is 0.604. The Kier molecular flexibility index (Phi) is 2.56. The van der Waals surface area contributed by atoms with Crippen molar-refractivity contribution >= 4 is 53.5 Å². The van der Waals surface area contributed by atoms with Crippen LogP contribution in [0.3, 0.4) is 0 Å². The number of hydrogen-bond acceptors (Lipinski definition) is 1. The summed E-state index contributed by atoms with van der Waals surface area (Å²) in [5.41, 5.74) is 0.877. The summed E-state index contributed by atoms with van der Waals surface area (Å²) in [6, 6.07) is 9.84. The summed E-state index contributed by atoms with van der Waals surface area (Å²) in [6.07, 6.45) is 1.69. The highest BCUT2D eigenvalue weighted by Crippen LogP contribution is 2.29. The molecule has 2 nitrogen and oxygen atoms in total. The molecule has 3 aromatic rings. The maximum Gasteiger partial charge on any atom is 0.203 e. The minimum Gasteiger partial charge on any atom is -0.359 e. The van der Waals surface area contributed by atoms with Gasteiger partial charge in [-0.1, -0.05) is 40.2 Å². The number of hydrogen-bond donors (Lipinski definition) is 1. The van der Waals surface area contributed by atoms with E-state index in [-0.39, 0.29) is 5.43 Å². The van der Waals surface area contributed by atoms with Gasteiger partial charge in [0, 0.05) is 21.4 Å². The summed E-state index contributed by atoms with van der Waals surface area (Å²) in [5.74, 6) is 0. The smallest absolute Gasteiger partial charge is 0.203 e. The van der Waals surface area contributed by atoms with Crippen molar-refractivity contribution in [3.8, 4) is 0 Å². The van der Waals surface area contributed by atoms with E-state index in [9.17, 15) is 4.79 Å². The van der Waals surface area contributed by atoms with E-state index < -0.39 is 0 Å². The van der Waals surface area contributed by atoms with Crippen LogP contribution in [0.2, 0.25) is 0 Å². The Morgan fingerprint density at radius 3 is 2.41 bits per heavy atom. The normalized spacial score (nSPS) is 11.2. The van der Waals surface area contributed by atoms with Gasteiger partial charge in [-0.3, -0.25) is 4.79 Å². The topological polar surface area (TPSA) is 32.9 Å². The van der Waals surface area contributed by atoms with Gasteiger partial charge in [0.05, 0.1) is 9.99 Å². The van der Waals surface area contributed by atoms with Gasteiger partial charge >= 0.3 is 0 Å². The summed E-state index contributed by atoms with van der Waals surface area (Å²) in [7, 11) is 0. The first-order valence-electron chi connectivity index (χ1n) is 5.06. The monoisotopic (exact) mass is 351 g/mol. The fourth-order valence-corrected chi connectivity index (χ4v) is 2.90. The van der Waals surface area contributed by atoms with Crippen molar-refractivity contribution in [1.82, 2.24) is 4.98 Å². The first-order valence-corrected chi connectivity index (χ1v) is 6.65. The standard InChI is InChI=1S/C13H7Br2NO/c14-10-5-9-12(16-6-11(15)13(9)17)8-4-2-1-3-7(8)10/h1-6H,(H,16,17). The number of halogens is 2. The molecular formula is C13H7Br2NO. The van der Waals surface area contributed by atoms with E-state index in [1.807, 2.05) is 30.3 Å². The number of benzene rings is 2. The van der Waals surface area contributed by atoms with Gasteiger partial charge in [0.2, 0.25) is 5.43 Å². The van der Waals surface area contributed by atoms with Crippen LogP contribution in [-0.2, 0) is 0 Å². The molecule has 3 rings (SSSR count). The Labute approximate surface area is 114 Å². The first-order chi connectivity index (χ1) is 8.18. The lowest BCUT2D eigenvalue weighted by molar-refractivity contribution is 1.37. The second kappa shape index (κ2) is 3.96. The molecule has 0 bridgehead atoms. The molecule has 0 aliphatic heterocycles. The van der Waals surface area contributed by atoms with Crippen LogP contribution in [0.4, 0.5) is 0 Å². The zero-order valence-electron chi connectivity index (χ0n) is 8.63. The lowest BCUT2D eigenvalue weighted by Crippen LogP contribution is -2.03. The predicted molar refractivity (Wildman–Crippen MR) is 77.5 cm³/mol. The van der Waals surface area contributed by atoms with Gasteiger partial charge in [-0.05, 0) is 27.4 Å². The molecule has 84 valence electrons. The maximum absolute atomic E-state index is 12.0. The van der Waals surface area contributed by atoms with E-state index in [4.69, 9.17) is 0 Å². The van der Waals surface area contributed by atoms with Crippen LogP contribution >= 0.6 is 31.9 Å². The van der Waals surface area contributed by atoms with Crippen LogP contribution in [0, 0.1) is 0 Å². The molecule has 0 aliphatic rings. The first kappa shape index (κ1) is 11.0. The van der Waals surface area contributed by atoms with Crippen LogP contribution < -0.4 is 5.43 Å². The second-order valence-corrected chi connectivity index (χ2v) is 5.50. The van der Waals surface area contributed by atoms with Crippen LogP contribution in [0.15, 0.2) is 50.3 Å². The van der Waals surface area contributed by atoms with E-state index in [1.165, 1.54) is 0 Å². The number of H-pyrrole nitrogens is 1. The van der Waals surface area contributed by atoms with Gasteiger partial charge in [0.25, 0.3) is 0 Å². The molecule has 0 fully saturated rings. The molecular weight excluding hydrogens is 346 g/mol. The van der Waals surface area contributed by atoms with Crippen molar-refractivity contribution in [1.29, 1.82) is 0 Å². The second-order valence-electron chi connectivity index (χ2n) is 3.79. The highest BCUT2D eigenvalue weighted by molar-refractivity contribution is 9.11. The number of pyridine rings is 1. The Balaban J connectivity index is 2.67. The molecule has 0 aliphatic carbocycles. The van der Waals surface area contributed by atoms with Gasteiger partial charge in [-0.25, -0.2) is 0 Å². The minimum absolute atomic E-state index is 0.00482. The van der Waals surface area contributed by atoms with Gasteiger partial charge in [0.1, 0.15) is 0 Å². The summed E-state index contributed by atoms with van der Waals surface area (Å²) in [6.45, 7) is 0. The van der Waals surface area contributed by atoms with E-state index in [2.05, 4.69) is 36.8 Å². The largest absolute Gasteiger partial charge is 0.359 e. The summed E-state index contributed by atoms with van der Waals surface area (Å²) in [5, 5.41) is 2.82. The molecule has 0 spiro atoms. The molecule has 0 atom stereocenters. The molecule has 0 amide bonds. The number of rotatable bonds is 0. The third kappa shape index (κ3) is 1.63. The van der Waals surface area contributed by atoms with Crippen molar-refractivity contribution < 1.29 is 0 Å². The third-order valence-electron chi connectivity index (χ3n) is 2.80. The fraction of sp³-hybridized carbons (Fsp3) is 0. The number of aromatic amines is 1. The summed E-state index contributed by atoms with van der Waals surface area (Å²) < 4.78 is 1.48. The average Bonchev–Trinajstić information content (AvgIpc) is 2.35. The molecule has 4 heteroatoms. The lowest BCUT2D eigenvalue weighted by Gasteiger charge is -2.06. The molecule has 2 aromatic carbocycles. The van der Waals surface area contributed by atoms with Crippen molar-refractivity contribution in [3.63, 3.8) is 0 Å². The Hall–Kier alpha value is -1.13. The minimum atomic E-state index is 0.00482. The zero-order chi connectivity index (χ0) is 12.0. The van der Waals surface area contributed by atoms with Crippen molar-refractivity contribution in [2.75, 3.05) is 0 Å². The molecule has 0 saturated heterocycles. The van der Waals surface area contributed by atoms with Crippen LogP contribution in [0.5, 0.6) is 0 Å². The van der Waals surface area contributed by atoms with Crippen molar-refractivity contribution in [2.24, 2.45) is 0 Å².